The van der Waals surface area contributed by atoms with E-state index in [9.17, 15) is 14.4 Å². The smallest absolute Gasteiger partial charge is 0.225 e. The maximum atomic E-state index is 12.1. The Kier molecular flexibility index (Phi) is 5.77. The molecule has 0 radical (unpaired) electrons. The summed E-state index contributed by atoms with van der Waals surface area (Å²) in [6, 6.07) is 0. The quantitative estimate of drug-likeness (QED) is 0.757. The molecule has 3 rings (SSSR count). The number of likely N-dealkylation sites (tertiary alicyclic amines) is 2. The minimum atomic E-state index is -0.179. The molecule has 0 aromatic carbocycles. The van der Waals surface area contributed by atoms with Crippen LogP contribution in [0, 0.1) is 11.3 Å². The van der Waals surface area contributed by atoms with Gasteiger partial charge in [0.2, 0.25) is 11.8 Å². The Hall–Kier alpha value is -1.43. The fraction of sp³-hybridized carbons (Fsp3) is 0.842. The van der Waals surface area contributed by atoms with Crippen molar-refractivity contribution < 1.29 is 14.4 Å². The molecule has 3 fully saturated rings. The Morgan fingerprint density at radius 3 is 2.44 bits per heavy atom. The van der Waals surface area contributed by atoms with Crippen LogP contribution >= 0.6 is 0 Å². The number of nitrogens with one attached hydrogen (secondary N) is 1. The van der Waals surface area contributed by atoms with Crippen molar-refractivity contribution >= 4 is 17.6 Å². The maximum absolute atomic E-state index is 12.1. The zero-order chi connectivity index (χ0) is 17.9. The fourth-order valence-corrected chi connectivity index (χ4v) is 4.51. The summed E-state index contributed by atoms with van der Waals surface area (Å²) in [4.78, 5) is 39.1. The van der Waals surface area contributed by atoms with E-state index in [1.807, 2.05) is 0 Å². The third kappa shape index (κ3) is 4.60. The first-order chi connectivity index (χ1) is 12.0. The van der Waals surface area contributed by atoms with Crippen LogP contribution in [0.5, 0.6) is 0 Å². The van der Waals surface area contributed by atoms with E-state index in [1.54, 1.807) is 11.9 Å². The standard InChI is InChI=1S/C19H31N3O3/c1-21-14-15(13-17(21)24)18(25)20-9-2-10-22-11-7-19(8-12-22)5-3-16(23)4-6-19/h15H,2-14H2,1H3,(H,20,25). The highest BCUT2D eigenvalue weighted by molar-refractivity contribution is 5.89. The molecule has 2 aliphatic heterocycles. The van der Waals surface area contributed by atoms with Crippen LogP contribution in [0.3, 0.4) is 0 Å². The predicted octanol–water partition coefficient (Wildman–Crippen LogP) is 1.20. The van der Waals surface area contributed by atoms with E-state index in [0.29, 0.717) is 30.7 Å². The van der Waals surface area contributed by atoms with Crippen molar-refractivity contribution in [3.63, 3.8) is 0 Å². The van der Waals surface area contributed by atoms with Gasteiger partial charge in [-0.1, -0.05) is 0 Å². The Morgan fingerprint density at radius 2 is 1.84 bits per heavy atom. The number of carbonyl (C=O) groups is 3. The van der Waals surface area contributed by atoms with Crippen LogP contribution in [0.1, 0.15) is 51.4 Å². The summed E-state index contributed by atoms with van der Waals surface area (Å²) in [6.07, 6.45) is 7.46. The van der Waals surface area contributed by atoms with Crippen LogP contribution in [0.2, 0.25) is 0 Å². The van der Waals surface area contributed by atoms with Crippen LogP contribution in [-0.4, -0.2) is 67.2 Å². The summed E-state index contributed by atoms with van der Waals surface area (Å²) < 4.78 is 0. The van der Waals surface area contributed by atoms with Gasteiger partial charge >= 0.3 is 0 Å². The van der Waals surface area contributed by atoms with Crippen molar-refractivity contribution in [2.75, 3.05) is 39.8 Å². The summed E-state index contributed by atoms with van der Waals surface area (Å²) in [5.41, 5.74) is 0.430. The lowest BCUT2D eigenvalue weighted by Gasteiger charge is -2.44. The van der Waals surface area contributed by atoms with Crippen molar-refractivity contribution in [2.45, 2.75) is 51.4 Å². The van der Waals surface area contributed by atoms with E-state index in [1.165, 1.54) is 12.8 Å². The third-order valence-electron chi connectivity index (χ3n) is 6.45. The normalized spacial score (nSPS) is 27.1. The number of nitrogens with zero attached hydrogens (tertiary/aromatic N) is 2. The van der Waals surface area contributed by atoms with Crippen molar-refractivity contribution in [1.29, 1.82) is 0 Å². The molecule has 2 saturated heterocycles. The second-order valence-electron chi connectivity index (χ2n) is 8.20. The fourth-order valence-electron chi connectivity index (χ4n) is 4.51. The molecule has 140 valence electrons. The summed E-state index contributed by atoms with van der Waals surface area (Å²) in [6.45, 7) is 4.47. The molecule has 6 heteroatoms. The minimum Gasteiger partial charge on any atom is -0.356 e. The molecule has 3 aliphatic rings. The highest BCUT2D eigenvalue weighted by Crippen LogP contribution is 2.43. The van der Waals surface area contributed by atoms with E-state index >= 15 is 0 Å². The van der Waals surface area contributed by atoms with Crippen molar-refractivity contribution in [3.8, 4) is 0 Å². The molecular weight excluding hydrogens is 318 g/mol. The molecule has 1 aliphatic carbocycles. The van der Waals surface area contributed by atoms with Gasteiger partial charge in [-0.2, -0.15) is 0 Å². The monoisotopic (exact) mass is 349 g/mol. The molecule has 1 spiro atoms. The predicted molar refractivity (Wildman–Crippen MR) is 95.0 cm³/mol. The van der Waals surface area contributed by atoms with E-state index in [-0.39, 0.29) is 17.7 Å². The lowest BCUT2D eigenvalue weighted by atomic mass is 9.68. The van der Waals surface area contributed by atoms with Crippen LogP contribution in [0.25, 0.3) is 0 Å². The Morgan fingerprint density at radius 1 is 1.16 bits per heavy atom. The van der Waals surface area contributed by atoms with Gasteiger partial charge < -0.3 is 15.1 Å². The van der Waals surface area contributed by atoms with Gasteiger partial charge in [0.05, 0.1) is 5.92 Å². The van der Waals surface area contributed by atoms with Gasteiger partial charge in [-0.15, -0.1) is 0 Å². The Balaban J connectivity index is 1.30. The molecule has 1 saturated carbocycles. The largest absolute Gasteiger partial charge is 0.356 e. The zero-order valence-electron chi connectivity index (χ0n) is 15.4. The van der Waals surface area contributed by atoms with Gasteiger partial charge in [0.25, 0.3) is 0 Å². The number of carbonyl (C=O) groups excluding carboxylic acids is 3. The van der Waals surface area contributed by atoms with Crippen LogP contribution < -0.4 is 5.32 Å². The topological polar surface area (TPSA) is 69.7 Å². The van der Waals surface area contributed by atoms with E-state index < -0.39 is 0 Å². The molecule has 0 aromatic heterocycles. The number of Topliss-reactive ketones (excluding diaryl/α,β-unsaturated/α-hetero) is 1. The van der Waals surface area contributed by atoms with Crippen LogP contribution in [0.15, 0.2) is 0 Å². The van der Waals surface area contributed by atoms with Crippen molar-refractivity contribution in [1.82, 2.24) is 15.1 Å². The third-order valence-corrected chi connectivity index (χ3v) is 6.45. The molecule has 1 unspecified atom stereocenters. The summed E-state index contributed by atoms with van der Waals surface area (Å²) >= 11 is 0. The number of rotatable bonds is 5. The highest BCUT2D eigenvalue weighted by atomic mass is 16.2. The molecular formula is C19H31N3O3. The summed E-state index contributed by atoms with van der Waals surface area (Å²) in [5, 5.41) is 2.99. The van der Waals surface area contributed by atoms with E-state index in [4.69, 9.17) is 0 Å². The number of hydrogen-bond acceptors (Lipinski definition) is 4. The average Bonchev–Trinajstić information content (AvgIpc) is 2.95. The van der Waals surface area contributed by atoms with Gasteiger partial charge in [-0.25, -0.2) is 0 Å². The van der Waals surface area contributed by atoms with Gasteiger partial charge in [0.1, 0.15) is 5.78 Å². The van der Waals surface area contributed by atoms with Gasteiger partial charge in [-0.3, -0.25) is 14.4 Å². The second kappa shape index (κ2) is 7.85. The first kappa shape index (κ1) is 18.4. The molecule has 0 aromatic rings. The molecule has 0 bridgehead atoms. The molecule has 25 heavy (non-hydrogen) atoms. The first-order valence-electron chi connectivity index (χ1n) is 9.73. The van der Waals surface area contributed by atoms with E-state index in [2.05, 4.69) is 10.2 Å². The van der Waals surface area contributed by atoms with Gasteiger partial charge in [-0.05, 0) is 57.2 Å². The first-order valence-corrected chi connectivity index (χ1v) is 9.73. The van der Waals surface area contributed by atoms with Crippen molar-refractivity contribution in [3.05, 3.63) is 0 Å². The number of ketones is 1. The number of piperidine rings is 1. The number of hydrogen-bond donors (Lipinski definition) is 1. The minimum absolute atomic E-state index is 0.0159. The van der Waals surface area contributed by atoms with Crippen molar-refractivity contribution in [2.24, 2.45) is 11.3 Å². The summed E-state index contributed by atoms with van der Waals surface area (Å²) in [7, 11) is 1.75. The lowest BCUT2D eigenvalue weighted by molar-refractivity contribution is -0.128. The van der Waals surface area contributed by atoms with Gasteiger partial charge in [0, 0.05) is 39.4 Å². The molecule has 1 atom stereocenters. The van der Waals surface area contributed by atoms with Crippen LogP contribution in [0.4, 0.5) is 0 Å². The maximum Gasteiger partial charge on any atom is 0.225 e. The Labute approximate surface area is 150 Å². The Bertz CT molecular complexity index is 514. The average molecular weight is 349 g/mol. The molecule has 2 amide bonds. The highest BCUT2D eigenvalue weighted by Gasteiger charge is 2.37. The second-order valence-corrected chi connectivity index (χ2v) is 8.20. The zero-order valence-corrected chi connectivity index (χ0v) is 15.4. The summed E-state index contributed by atoms with van der Waals surface area (Å²) in [5.74, 6) is 0.342. The van der Waals surface area contributed by atoms with E-state index in [0.717, 1.165) is 51.7 Å². The lowest BCUT2D eigenvalue weighted by Crippen LogP contribution is -2.43. The SMILES string of the molecule is CN1CC(C(=O)NCCCN2CCC3(CCC(=O)CC3)CC2)CC1=O. The molecule has 1 N–H and O–H groups in total. The van der Waals surface area contributed by atoms with Crippen LogP contribution in [-0.2, 0) is 14.4 Å². The van der Waals surface area contributed by atoms with Gasteiger partial charge in [0.15, 0.2) is 0 Å². The molecule has 6 nitrogen and oxygen atoms in total. The molecule has 2 heterocycles. The number of amides is 2.